The highest BCUT2D eigenvalue weighted by molar-refractivity contribution is 6.31. The average molecular weight is 452 g/mol. The number of carbonyl (C=O) groups is 2. The molecule has 0 saturated heterocycles. The lowest BCUT2D eigenvalue weighted by molar-refractivity contribution is -0.142. The zero-order chi connectivity index (χ0) is 23.1. The quantitative estimate of drug-likeness (QED) is 0.317. The Morgan fingerprint density at radius 3 is 2.41 bits per heavy atom. The summed E-state index contributed by atoms with van der Waals surface area (Å²) in [6.07, 6.45) is 1.77. The first kappa shape index (κ1) is 23.0. The van der Waals surface area contributed by atoms with E-state index in [4.69, 9.17) is 21.1 Å². The summed E-state index contributed by atoms with van der Waals surface area (Å²) >= 11 is 6.18. The van der Waals surface area contributed by atoms with E-state index in [1.54, 1.807) is 48.5 Å². The van der Waals surface area contributed by atoms with Crippen molar-refractivity contribution in [1.82, 2.24) is 0 Å². The molecule has 0 aromatic heterocycles. The minimum absolute atomic E-state index is 0.138. The van der Waals surface area contributed by atoms with E-state index in [0.717, 1.165) is 11.1 Å². The fourth-order valence-electron chi connectivity index (χ4n) is 2.94. The summed E-state index contributed by atoms with van der Waals surface area (Å²) in [5.41, 5.74) is 2.83. The van der Waals surface area contributed by atoms with Crippen LogP contribution >= 0.6 is 11.6 Å². The number of methoxy groups -OCH3 is 1. The van der Waals surface area contributed by atoms with Crippen molar-refractivity contribution in [3.8, 4) is 11.5 Å². The van der Waals surface area contributed by atoms with Crippen molar-refractivity contribution in [2.75, 3.05) is 7.11 Å². The van der Waals surface area contributed by atoms with E-state index in [2.05, 4.69) is 4.99 Å². The van der Waals surface area contributed by atoms with Crippen molar-refractivity contribution in [3.63, 3.8) is 0 Å². The van der Waals surface area contributed by atoms with Gasteiger partial charge in [0.2, 0.25) is 0 Å². The molecule has 32 heavy (non-hydrogen) atoms. The number of aromatic hydroxyl groups is 1. The standard InChI is InChI=1S/C25H22ClNO5/c1-16-3-7-19(8-4-16)24(29)32-22-12-18(11-20(26)14-22)15-27-23(25(30)31-2)13-17-5-9-21(28)10-6-17/h3-12,14-15,23,28H,13H2,1-2H3. The maximum atomic E-state index is 12.4. The molecule has 3 aromatic carbocycles. The van der Waals surface area contributed by atoms with Crippen LogP contribution in [0.3, 0.4) is 0 Å². The van der Waals surface area contributed by atoms with E-state index in [9.17, 15) is 14.7 Å². The van der Waals surface area contributed by atoms with Gasteiger partial charge in [-0.2, -0.15) is 0 Å². The molecule has 0 spiro atoms. The van der Waals surface area contributed by atoms with Gasteiger partial charge in [-0.1, -0.05) is 41.4 Å². The summed E-state index contributed by atoms with van der Waals surface area (Å²) in [7, 11) is 1.30. The van der Waals surface area contributed by atoms with Gasteiger partial charge in [0, 0.05) is 17.7 Å². The van der Waals surface area contributed by atoms with Gasteiger partial charge < -0.3 is 14.6 Å². The molecule has 6 nitrogen and oxygen atoms in total. The van der Waals surface area contributed by atoms with Crippen molar-refractivity contribution in [2.45, 2.75) is 19.4 Å². The second-order valence-electron chi connectivity index (χ2n) is 7.16. The van der Waals surface area contributed by atoms with Crippen LogP contribution in [0.15, 0.2) is 71.7 Å². The lowest BCUT2D eigenvalue weighted by atomic mass is 10.1. The number of hydrogen-bond acceptors (Lipinski definition) is 6. The first-order valence-corrected chi connectivity index (χ1v) is 10.2. The largest absolute Gasteiger partial charge is 0.508 e. The van der Waals surface area contributed by atoms with E-state index in [1.807, 2.05) is 19.1 Å². The van der Waals surface area contributed by atoms with Crippen LogP contribution in [0.2, 0.25) is 5.02 Å². The van der Waals surface area contributed by atoms with Crippen LogP contribution in [-0.2, 0) is 16.0 Å². The molecule has 7 heteroatoms. The molecule has 0 radical (unpaired) electrons. The number of aliphatic imine (C=N–C) groups is 1. The Hall–Kier alpha value is -3.64. The molecule has 0 fully saturated rings. The number of benzene rings is 3. The molecule has 0 aliphatic rings. The summed E-state index contributed by atoms with van der Waals surface area (Å²) in [5, 5.41) is 9.78. The summed E-state index contributed by atoms with van der Waals surface area (Å²) in [6, 6.07) is 17.5. The molecule has 0 heterocycles. The number of phenolic OH excluding ortho intramolecular Hbond substituents is 1. The van der Waals surface area contributed by atoms with Gasteiger partial charge in [-0.3, -0.25) is 4.99 Å². The number of hydrogen-bond donors (Lipinski definition) is 1. The first-order chi connectivity index (χ1) is 15.3. The van der Waals surface area contributed by atoms with Crippen LogP contribution in [0.1, 0.15) is 27.0 Å². The lowest BCUT2D eigenvalue weighted by Crippen LogP contribution is -2.23. The van der Waals surface area contributed by atoms with Crippen molar-refractivity contribution in [3.05, 3.63) is 94.0 Å². The van der Waals surface area contributed by atoms with Crippen molar-refractivity contribution < 1.29 is 24.2 Å². The summed E-state index contributed by atoms with van der Waals surface area (Å²) in [4.78, 5) is 28.9. The maximum Gasteiger partial charge on any atom is 0.343 e. The third kappa shape index (κ3) is 6.43. The highest BCUT2D eigenvalue weighted by Crippen LogP contribution is 2.22. The smallest absolute Gasteiger partial charge is 0.343 e. The average Bonchev–Trinajstić information content (AvgIpc) is 2.77. The Balaban J connectivity index is 1.77. The minimum atomic E-state index is -0.790. The van der Waals surface area contributed by atoms with E-state index in [-0.39, 0.29) is 11.5 Å². The highest BCUT2D eigenvalue weighted by Gasteiger charge is 2.18. The first-order valence-electron chi connectivity index (χ1n) is 9.82. The predicted molar refractivity (Wildman–Crippen MR) is 123 cm³/mol. The lowest BCUT2D eigenvalue weighted by Gasteiger charge is -2.11. The van der Waals surface area contributed by atoms with Crippen LogP contribution in [-0.4, -0.2) is 36.4 Å². The molecule has 1 N–H and O–H groups in total. The fraction of sp³-hybridized carbons (Fsp3) is 0.160. The number of carbonyl (C=O) groups excluding carboxylic acids is 2. The van der Waals surface area contributed by atoms with Crippen molar-refractivity contribution >= 4 is 29.8 Å². The molecule has 3 rings (SSSR count). The van der Waals surface area contributed by atoms with Gasteiger partial charge in [-0.15, -0.1) is 0 Å². The Kier molecular flexibility index (Phi) is 7.63. The molecule has 1 unspecified atom stereocenters. The number of aryl methyl sites for hydroxylation is 1. The molecule has 0 saturated carbocycles. The summed E-state index contributed by atoms with van der Waals surface area (Å²) < 4.78 is 10.3. The molecule has 1 atom stereocenters. The van der Waals surface area contributed by atoms with Crippen LogP contribution < -0.4 is 4.74 Å². The van der Waals surface area contributed by atoms with Crippen molar-refractivity contribution in [1.29, 1.82) is 0 Å². The minimum Gasteiger partial charge on any atom is -0.508 e. The third-order valence-corrected chi connectivity index (χ3v) is 4.85. The Bertz CT molecular complexity index is 1120. The van der Waals surface area contributed by atoms with E-state index in [0.29, 0.717) is 22.6 Å². The zero-order valence-electron chi connectivity index (χ0n) is 17.6. The fourth-order valence-corrected chi connectivity index (χ4v) is 3.17. The molecule has 0 aliphatic carbocycles. The number of rotatable bonds is 7. The molecule has 0 bridgehead atoms. The van der Waals surface area contributed by atoms with Crippen molar-refractivity contribution in [2.24, 2.45) is 4.99 Å². The van der Waals surface area contributed by atoms with E-state index in [1.165, 1.54) is 19.4 Å². The van der Waals surface area contributed by atoms with E-state index >= 15 is 0 Å². The van der Waals surface area contributed by atoms with Gasteiger partial charge in [0.05, 0.1) is 12.7 Å². The Morgan fingerprint density at radius 2 is 1.75 bits per heavy atom. The van der Waals surface area contributed by atoms with Gasteiger partial charge in [0.15, 0.2) is 6.04 Å². The van der Waals surface area contributed by atoms with Crippen LogP contribution in [0.4, 0.5) is 0 Å². The van der Waals surface area contributed by atoms with Gasteiger partial charge >= 0.3 is 11.9 Å². The maximum absolute atomic E-state index is 12.4. The van der Waals surface area contributed by atoms with E-state index < -0.39 is 18.0 Å². The van der Waals surface area contributed by atoms with Gasteiger partial charge in [-0.05, 0) is 60.5 Å². The summed E-state index contributed by atoms with van der Waals surface area (Å²) in [5.74, 6) is -0.603. The van der Waals surface area contributed by atoms with Crippen LogP contribution in [0.5, 0.6) is 11.5 Å². The molecule has 0 amide bonds. The molecular formula is C25H22ClNO5. The SMILES string of the molecule is COC(=O)C(Cc1ccc(O)cc1)N=Cc1cc(Cl)cc(OC(=O)c2ccc(C)cc2)c1. The third-order valence-electron chi connectivity index (χ3n) is 4.63. The Morgan fingerprint density at radius 1 is 1.06 bits per heavy atom. The van der Waals surface area contributed by atoms with Crippen LogP contribution in [0, 0.1) is 6.92 Å². The number of halogens is 1. The monoisotopic (exact) mass is 451 g/mol. The normalized spacial score (nSPS) is 11.8. The zero-order valence-corrected chi connectivity index (χ0v) is 18.4. The predicted octanol–water partition coefficient (Wildman–Crippen LogP) is 4.78. The molecule has 3 aromatic rings. The Labute approximate surface area is 191 Å². The number of ether oxygens (including phenoxy) is 2. The number of nitrogens with zero attached hydrogens (tertiary/aromatic N) is 1. The molecule has 0 aliphatic heterocycles. The number of esters is 2. The number of phenols is 1. The second-order valence-corrected chi connectivity index (χ2v) is 7.60. The summed E-state index contributed by atoms with van der Waals surface area (Å²) in [6.45, 7) is 1.93. The van der Waals surface area contributed by atoms with Gasteiger partial charge in [0.1, 0.15) is 11.5 Å². The highest BCUT2D eigenvalue weighted by atomic mass is 35.5. The van der Waals surface area contributed by atoms with Gasteiger partial charge in [-0.25, -0.2) is 9.59 Å². The second kappa shape index (κ2) is 10.6. The molecule has 164 valence electrons. The topological polar surface area (TPSA) is 85.2 Å². The van der Waals surface area contributed by atoms with Gasteiger partial charge in [0.25, 0.3) is 0 Å². The van der Waals surface area contributed by atoms with Crippen LogP contribution in [0.25, 0.3) is 0 Å². The molecular weight excluding hydrogens is 430 g/mol.